The monoisotopic (exact) mass is 272 g/mol. The third-order valence-electron chi connectivity index (χ3n) is 3.92. The van der Waals surface area contributed by atoms with Gasteiger partial charge in [-0.2, -0.15) is 5.26 Å². The van der Waals surface area contributed by atoms with Gasteiger partial charge in [-0.3, -0.25) is 5.32 Å². The second kappa shape index (κ2) is 6.28. The minimum absolute atomic E-state index is 0.0122. The molecule has 108 valence electrons. The summed E-state index contributed by atoms with van der Waals surface area (Å²) < 4.78 is 5.99. The van der Waals surface area contributed by atoms with E-state index >= 15 is 0 Å². The Balaban J connectivity index is 1.98. The van der Waals surface area contributed by atoms with Crippen LogP contribution in [0.3, 0.4) is 0 Å². The van der Waals surface area contributed by atoms with Gasteiger partial charge in [0.2, 0.25) is 0 Å². The fourth-order valence-corrected chi connectivity index (χ4v) is 3.02. The Morgan fingerprint density at radius 3 is 2.85 bits per heavy atom. The van der Waals surface area contributed by atoms with Gasteiger partial charge < -0.3 is 4.74 Å². The molecule has 0 saturated carbocycles. The largest absolute Gasteiger partial charge is 0.491 e. The number of rotatable bonds is 6. The van der Waals surface area contributed by atoms with Crippen LogP contribution in [0.2, 0.25) is 0 Å². The Labute approximate surface area is 121 Å². The summed E-state index contributed by atoms with van der Waals surface area (Å²) in [5.41, 5.74) is 2.36. The average Bonchev–Trinajstić information content (AvgIpc) is 2.86. The quantitative estimate of drug-likeness (QED) is 0.864. The Bertz CT molecular complexity index is 506. The highest BCUT2D eigenvalue weighted by atomic mass is 16.5. The van der Waals surface area contributed by atoms with E-state index in [1.165, 1.54) is 24.0 Å². The zero-order valence-electron chi connectivity index (χ0n) is 12.7. The maximum atomic E-state index is 9.29. The fourth-order valence-electron chi connectivity index (χ4n) is 3.02. The molecule has 0 fully saturated rings. The SMILES string of the molecule is CCNC(C)(C#N)CC(C)Oc1ccc2c(c1)CCC2. The maximum absolute atomic E-state index is 9.29. The lowest BCUT2D eigenvalue weighted by atomic mass is 9.96. The molecule has 0 saturated heterocycles. The summed E-state index contributed by atoms with van der Waals surface area (Å²) in [7, 11) is 0. The van der Waals surface area contributed by atoms with Crippen molar-refractivity contribution in [2.45, 2.75) is 58.1 Å². The molecule has 3 heteroatoms. The van der Waals surface area contributed by atoms with Crippen molar-refractivity contribution in [1.82, 2.24) is 5.32 Å². The second-order valence-electron chi connectivity index (χ2n) is 5.89. The Hall–Kier alpha value is -1.53. The molecule has 2 atom stereocenters. The van der Waals surface area contributed by atoms with Gasteiger partial charge in [0, 0.05) is 6.42 Å². The van der Waals surface area contributed by atoms with E-state index in [1.807, 2.05) is 20.8 Å². The van der Waals surface area contributed by atoms with Gasteiger partial charge >= 0.3 is 0 Å². The molecule has 0 aliphatic heterocycles. The lowest BCUT2D eigenvalue weighted by Crippen LogP contribution is -2.44. The van der Waals surface area contributed by atoms with Crippen molar-refractivity contribution in [3.63, 3.8) is 0 Å². The molecule has 1 aliphatic rings. The first-order valence-electron chi connectivity index (χ1n) is 7.51. The Morgan fingerprint density at radius 1 is 1.40 bits per heavy atom. The fraction of sp³-hybridized carbons (Fsp3) is 0.588. The summed E-state index contributed by atoms with van der Waals surface area (Å²) in [6.45, 7) is 6.76. The zero-order valence-corrected chi connectivity index (χ0v) is 12.7. The van der Waals surface area contributed by atoms with Crippen LogP contribution in [-0.4, -0.2) is 18.2 Å². The van der Waals surface area contributed by atoms with Crippen LogP contribution in [0.1, 0.15) is 44.7 Å². The minimum Gasteiger partial charge on any atom is -0.491 e. The predicted octanol–water partition coefficient (Wildman–Crippen LogP) is 3.22. The summed E-state index contributed by atoms with van der Waals surface area (Å²) in [6, 6.07) is 8.74. The summed E-state index contributed by atoms with van der Waals surface area (Å²) in [6.07, 6.45) is 4.29. The number of nitrogens with zero attached hydrogens (tertiary/aromatic N) is 1. The van der Waals surface area contributed by atoms with E-state index in [4.69, 9.17) is 4.74 Å². The Morgan fingerprint density at radius 2 is 2.15 bits per heavy atom. The molecule has 3 nitrogen and oxygen atoms in total. The summed E-state index contributed by atoms with van der Waals surface area (Å²) in [4.78, 5) is 0. The molecule has 2 rings (SSSR count). The average molecular weight is 272 g/mol. The first kappa shape index (κ1) is 14.9. The minimum atomic E-state index is -0.523. The van der Waals surface area contributed by atoms with Crippen molar-refractivity contribution in [1.29, 1.82) is 5.26 Å². The van der Waals surface area contributed by atoms with Gasteiger partial charge in [0.05, 0.1) is 12.2 Å². The number of fused-ring (bicyclic) bond motifs is 1. The van der Waals surface area contributed by atoms with Crippen molar-refractivity contribution >= 4 is 0 Å². The number of hydrogen-bond donors (Lipinski definition) is 1. The van der Waals surface area contributed by atoms with Gasteiger partial charge in [-0.1, -0.05) is 13.0 Å². The molecule has 2 unspecified atom stereocenters. The van der Waals surface area contributed by atoms with Crippen molar-refractivity contribution in [3.05, 3.63) is 29.3 Å². The van der Waals surface area contributed by atoms with Gasteiger partial charge in [-0.15, -0.1) is 0 Å². The van der Waals surface area contributed by atoms with Gasteiger partial charge in [0.25, 0.3) is 0 Å². The van der Waals surface area contributed by atoms with E-state index in [9.17, 15) is 5.26 Å². The number of hydrogen-bond acceptors (Lipinski definition) is 3. The van der Waals surface area contributed by atoms with E-state index in [2.05, 4.69) is 29.6 Å². The van der Waals surface area contributed by atoms with Crippen molar-refractivity contribution in [2.75, 3.05) is 6.54 Å². The van der Waals surface area contributed by atoms with Crippen LogP contribution in [0.15, 0.2) is 18.2 Å². The van der Waals surface area contributed by atoms with Crippen LogP contribution in [0.5, 0.6) is 5.75 Å². The van der Waals surface area contributed by atoms with E-state index in [1.54, 1.807) is 0 Å². The van der Waals surface area contributed by atoms with Crippen LogP contribution >= 0.6 is 0 Å². The lowest BCUT2D eigenvalue weighted by molar-refractivity contribution is 0.180. The summed E-state index contributed by atoms with van der Waals surface area (Å²) in [5, 5.41) is 12.5. The van der Waals surface area contributed by atoms with Crippen LogP contribution < -0.4 is 10.1 Å². The third kappa shape index (κ3) is 3.52. The van der Waals surface area contributed by atoms with Crippen LogP contribution in [-0.2, 0) is 12.8 Å². The number of nitrogens with one attached hydrogen (secondary N) is 1. The second-order valence-corrected chi connectivity index (χ2v) is 5.89. The number of nitriles is 1. The first-order valence-corrected chi connectivity index (χ1v) is 7.51. The highest BCUT2D eigenvalue weighted by Gasteiger charge is 2.26. The summed E-state index contributed by atoms with van der Waals surface area (Å²) >= 11 is 0. The predicted molar refractivity (Wildman–Crippen MR) is 80.9 cm³/mol. The van der Waals surface area contributed by atoms with E-state index in [0.717, 1.165) is 18.7 Å². The van der Waals surface area contributed by atoms with Gasteiger partial charge in [-0.25, -0.2) is 0 Å². The van der Waals surface area contributed by atoms with E-state index in [-0.39, 0.29) is 6.10 Å². The molecule has 0 aromatic heterocycles. The topological polar surface area (TPSA) is 45.0 Å². The number of ether oxygens (including phenoxy) is 1. The van der Waals surface area contributed by atoms with Crippen LogP contribution in [0.25, 0.3) is 0 Å². The third-order valence-corrected chi connectivity index (χ3v) is 3.92. The smallest absolute Gasteiger partial charge is 0.119 e. The van der Waals surface area contributed by atoms with Crippen molar-refractivity contribution < 1.29 is 4.74 Å². The molecule has 1 aliphatic carbocycles. The molecule has 1 N–H and O–H groups in total. The van der Waals surface area contributed by atoms with Crippen molar-refractivity contribution in [3.8, 4) is 11.8 Å². The number of benzene rings is 1. The standard InChI is InChI=1S/C17H24N2O/c1-4-19-17(3,12-18)11-13(2)20-16-9-8-14-6-5-7-15(14)10-16/h8-10,13,19H,4-7,11H2,1-3H3. The van der Waals surface area contributed by atoms with Crippen molar-refractivity contribution in [2.24, 2.45) is 0 Å². The highest BCUT2D eigenvalue weighted by molar-refractivity contribution is 5.38. The van der Waals surface area contributed by atoms with Crippen LogP contribution in [0.4, 0.5) is 0 Å². The van der Waals surface area contributed by atoms with E-state index in [0.29, 0.717) is 6.42 Å². The molecule has 0 bridgehead atoms. The van der Waals surface area contributed by atoms with E-state index < -0.39 is 5.54 Å². The summed E-state index contributed by atoms with van der Waals surface area (Å²) in [5.74, 6) is 0.926. The zero-order chi connectivity index (χ0) is 14.6. The lowest BCUT2D eigenvalue weighted by Gasteiger charge is -2.26. The molecular weight excluding hydrogens is 248 g/mol. The van der Waals surface area contributed by atoms with Gasteiger partial charge in [0.15, 0.2) is 0 Å². The molecule has 0 amide bonds. The Kier molecular flexibility index (Phi) is 4.67. The van der Waals surface area contributed by atoms with Gasteiger partial charge in [0.1, 0.15) is 11.3 Å². The molecule has 20 heavy (non-hydrogen) atoms. The normalized spacial score (nSPS) is 17.9. The molecule has 0 spiro atoms. The molecule has 1 aromatic carbocycles. The van der Waals surface area contributed by atoms with Crippen LogP contribution in [0, 0.1) is 11.3 Å². The molecular formula is C17H24N2O. The van der Waals surface area contributed by atoms with Gasteiger partial charge in [-0.05, 0) is 62.9 Å². The first-order chi connectivity index (χ1) is 9.56. The number of aryl methyl sites for hydroxylation is 2. The highest BCUT2D eigenvalue weighted by Crippen LogP contribution is 2.27. The molecule has 0 heterocycles. The molecule has 1 aromatic rings. The molecule has 0 radical (unpaired) electrons. The maximum Gasteiger partial charge on any atom is 0.119 e.